The number of carbonyl (C=O) groups is 1. The number of hydrogen-bond acceptors (Lipinski definition) is 2. The molecule has 1 amide bonds. The molecule has 2 aromatic rings. The summed E-state index contributed by atoms with van der Waals surface area (Å²) in [6.07, 6.45) is 0.282. The van der Waals surface area contributed by atoms with Crippen LogP contribution >= 0.6 is 0 Å². The van der Waals surface area contributed by atoms with Crippen LogP contribution in [0, 0.1) is 5.82 Å². The van der Waals surface area contributed by atoms with Gasteiger partial charge in [-0.3, -0.25) is 4.79 Å². The minimum absolute atomic E-state index is 0.0323. The van der Waals surface area contributed by atoms with Crippen LogP contribution in [0.25, 0.3) is 0 Å². The molecule has 0 bridgehead atoms. The van der Waals surface area contributed by atoms with Crippen LogP contribution in [0.2, 0.25) is 0 Å². The van der Waals surface area contributed by atoms with E-state index in [9.17, 15) is 9.18 Å². The van der Waals surface area contributed by atoms with E-state index in [1.54, 1.807) is 24.1 Å². The summed E-state index contributed by atoms with van der Waals surface area (Å²) >= 11 is 0. The van der Waals surface area contributed by atoms with Crippen molar-refractivity contribution in [1.29, 1.82) is 0 Å². The average molecular weight is 301 g/mol. The molecule has 0 unspecified atom stereocenters. The van der Waals surface area contributed by atoms with Crippen LogP contribution in [0.3, 0.4) is 0 Å². The first kappa shape index (κ1) is 16.0. The fraction of sp³-hybridized carbons (Fsp3) is 0.278. The molecule has 0 saturated heterocycles. The van der Waals surface area contributed by atoms with Crippen molar-refractivity contribution in [3.05, 3.63) is 65.5 Å². The van der Waals surface area contributed by atoms with Crippen LogP contribution in [0.4, 0.5) is 4.39 Å². The first-order chi connectivity index (χ1) is 10.6. The number of carbonyl (C=O) groups excluding carboxylic acids is 1. The van der Waals surface area contributed by atoms with Gasteiger partial charge in [-0.2, -0.15) is 0 Å². The lowest BCUT2D eigenvalue weighted by molar-refractivity contribution is -0.130. The molecular weight excluding hydrogens is 281 g/mol. The lowest BCUT2D eigenvalue weighted by atomic mass is 10.1. The predicted octanol–water partition coefficient (Wildman–Crippen LogP) is 3.43. The van der Waals surface area contributed by atoms with Gasteiger partial charge in [-0.05, 0) is 42.3 Å². The predicted molar refractivity (Wildman–Crippen MR) is 84.2 cm³/mol. The van der Waals surface area contributed by atoms with E-state index in [-0.39, 0.29) is 18.1 Å². The molecule has 0 fully saturated rings. The second-order valence-corrected chi connectivity index (χ2v) is 5.06. The van der Waals surface area contributed by atoms with E-state index < -0.39 is 0 Å². The summed E-state index contributed by atoms with van der Waals surface area (Å²) in [7, 11) is 1.62. The topological polar surface area (TPSA) is 29.5 Å². The van der Waals surface area contributed by atoms with Gasteiger partial charge in [0, 0.05) is 13.1 Å². The van der Waals surface area contributed by atoms with Gasteiger partial charge in [0.2, 0.25) is 5.91 Å². The molecule has 2 rings (SSSR count). The molecule has 0 N–H and O–H groups in total. The fourth-order valence-corrected chi connectivity index (χ4v) is 2.22. The Morgan fingerprint density at radius 1 is 1.05 bits per heavy atom. The number of benzene rings is 2. The summed E-state index contributed by atoms with van der Waals surface area (Å²) in [5.74, 6) is 0.538. The maximum absolute atomic E-state index is 12.9. The number of ether oxygens (including phenoxy) is 1. The molecule has 0 aromatic heterocycles. The fourth-order valence-electron chi connectivity index (χ4n) is 2.22. The van der Waals surface area contributed by atoms with Crippen molar-refractivity contribution in [3.63, 3.8) is 0 Å². The van der Waals surface area contributed by atoms with Gasteiger partial charge in [-0.15, -0.1) is 0 Å². The lowest BCUT2D eigenvalue weighted by Crippen LogP contribution is -2.31. The third kappa shape index (κ3) is 4.32. The largest absolute Gasteiger partial charge is 0.497 e. The molecule has 22 heavy (non-hydrogen) atoms. The van der Waals surface area contributed by atoms with E-state index >= 15 is 0 Å². The van der Waals surface area contributed by atoms with Crippen molar-refractivity contribution in [2.45, 2.75) is 19.9 Å². The van der Waals surface area contributed by atoms with Crippen molar-refractivity contribution < 1.29 is 13.9 Å². The van der Waals surface area contributed by atoms with Crippen molar-refractivity contribution in [3.8, 4) is 5.75 Å². The molecule has 0 spiro atoms. The number of methoxy groups -OCH3 is 1. The maximum atomic E-state index is 12.9. The zero-order valence-corrected chi connectivity index (χ0v) is 12.9. The standard InChI is InChI=1S/C18H20FNO2/c1-3-20(13-15-6-10-17(22-2)11-7-15)18(21)12-14-4-8-16(19)9-5-14/h4-11H,3,12-13H2,1-2H3. The van der Waals surface area contributed by atoms with Crippen LogP contribution in [0.1, 0.15) is 18.1 Å². The van der Waals surface area contributed by atoms with E-state index in [1.807, 2.05) is 31.2 Å². The number of halogens is 1. The van der Waals surface area contributed by atoms with Crippen LogP contribution in [0.5, 0.6) is 5.75 Å². The Labute approximate surface area is 130 Å². The first-order valence-corrected chi connectivity index (χ1v) is 7.27. The van der Waals surface area contributed by atoms with Crippen molar-refractivity contribution in [2.75, 3.05) is 13.7 Å². The zero-order chi connectivity index (χ0) is 15.9. The molecule has 0 aliphatic rings. The highest BCUT2D eigenvalue weighted by Crippen LogP contribution is 2.14. The summed E-state index contributed by atoms with van der Waals surface area (Å²) < 4.78 is 18.0. The zero-order valence-electron chi connectivity index (χ0n) is 12.9. The lowest BCUT2D eigenvalue weighted by Gasteiger charge is -2.21. The third-order valence-corrected chi connectivity index (χ3v) is 3.54. The molecule has 0 saturated carbocycles. The summed E-state index contributed by atoms with van der Waals surface area (Å²) in [4.78, 5) is 14.1. The van der Waals surface area contributed by atoms with Gasteiger partial charge in [-0.1, -0.05) is 24.3 Å². The smallest absolute Gasteiger partial charge is 0.227 e. The highest BCUT2D eigenvalue weighted by molar-refractivity contribution is 5.78. The van der Waals surface area contributed by atoms with Gasteiger partial charge in [0.05, 0.1) is 13.5 Å². The van der Waals surface area contributed by atoms with Crippen LogP contribution in [-0.4, -0.2) is 24.5 Å². The van der Waals surface area contributed by atoms with E-state index in [0.717, 1.165) is 16.9 Å². The minimum atomic E-state index is -0.290. The molecule has 0 aliphatic carbocycles. The molecule has 0 atom stereocenters. The van der Waals surface area contributed by atoms with Gasteiger partial charge in [0.1, 0.15) is 11.6 Å². The SMILES string of the molecule is CCN(Cc1ccc(OC)cc1)C(=O)Cc1ccc(F)cc1. The monoisotopic (exact) mass is 301 g/mol. The highest BCUT2D eigenvalue weighted by Gasteiger charge is 2.13. The molecule has 4 heteroatoms. The number of rotatable bonds is 6. The quantitative estimate of drug-likeness (QED) is 0.818. The number of hydrogen-bond donors (Lipinski definition) is 0. The Kier molecular flexibility index (Phi) is 5.53. The number of likely N-dealkylation sites (N-methyl/N-ethyl adjacent to an activating group) is 1. The Morgan fingerprint density at radius 2 is 1.64 bits per heavy atom. The molecule has 0 aliphatic heterocycles. The van der Waals surface area contributed by atoms with Gasteiger partial charge < -0.3 is 9.64 Å². The number of nitrogens with zero attached hydrogens (tertiary/aromatic N) is 1. The van der Waals surface area contributed by atoms with E-state index in [0.29, 0.717) is 13.1 Å². The second-order valence-electron chi connectivity index (χ2n) is 5.06. The molecule has 0 heterocycles. The van der Waals surface area contributed by atoms with Crippen molar-refractivity contribution in [1.82, 2.24) is 4.90 Å². The van der Waals surface area contributed by atoms with Gasteiger partial charge >= 0.3 is 0 Å². The third-order valence-electron chi connectivity index (χ3n) is 3.54. The average Bonchev–Trinajstić information content (AvgIpc) is 2.55. The van der Waals surface area contributed by atoms with E-state index in [4.69, 9.17) is 4.74 Å². The Morgan fingerprint density at radius 3 is 2.18 bits per heavy atom. The number of amides is 1. The van der Waals surface area contributed by atoms with Crippen molar-refractivity contribution >= 4 is 5.91 Å². The summed E-state index contributed by atoms with van der Waals surface area (Å²) in [6, 6.07) is 13.7. The minimum Gasteiger partial charge on any atom is -0.497 e. The Hall–Kier alpha value is -2.36. The second kappa shape index (κ2) is 7.59. The van der Waals surface area contributed by atoms with Gasteiger partial charge in [0.25, 0.3) is 0 Å². The maximum Gasteiger partial charge on any atom is 0.227 e. The van der Waals surface area contributed by atoms with E-state index in [1.165, 1.54) is 12.1 Å². The Bertz CT molecular complexity index is 608. The van der Waals surface area contributed by atoms with Crippen LogP contribution in [-0.2, 0) is 17.8 Å². The highest BCUT2D eigenvalue weighted by atomic mass is 19.1. The molecule has 0 radical (unpaired) electrons. The molecular formula is C18H20FNO2. The summed E-state index contributed by atoms with van der Waals surface area (Å²) in [5, 5.41) is 0. The Balaban J connectivity index is 2.00. The molecule has 116 valence electrons. The first-order valence-electron chi connectivity index (χ1n) is 7.27. The van der Waals surface area contributed by atoms with E-state index in [2.05, 4.69) is 0 Å². The van der Waals surface area contributed by atoms with Crippen molar-refractivity contribution in [2.24, 2.45) is 0 Å². The summed E-state index contributed by atoms with van der Waals surface area (Å²) in [6.45, 7) is 3.14. The van der Waals surface area contributed by atoms with Crippen LogP contribution in [0.15, 0.2) is 48.5 Å². The van der Waals surface area contributed by atoms with Crippen LogP contribution < -0.4 is 4.74 Å². The summed E-state index contributed by atoms with van der Waals surface area (Å²) in [5.41, 5.74) is 1.87. The normalized spacial score (nSPS) is 10.3. The van der Waals surface area contributed by atoms with Gasteiger partial charge in [-0.25, -0.2) is 4.39 Å². The van der Waals surface area contributed by atoms with Gasteiger partial charge in [0.15, 0.2) is 0 Å². The molecule has 3 nitrogen and oxygen atoms in total. The molecule has 2 aromatic carbocycles.